The van der Waals surface area contributed by atoms with Crippen LogP contribution in [0.4, 0.5) is 0 Å². The number of aryl methyl sites for hydroxylation is 1. The van der Waals surface area contributed by atoms with Gasteiger partial charge in [-0.25, -0.2) is 4.98 Å². The Morgan fingerprint density at radius 1 is 1.21 bits per heavy atom. The van der Waals surface area contributed by atoms with Crippen molar-refractivity contribution in [3.63, 3.8) is 0 Å². The molecule has 2 amide bonds. The van der Waals surface area contributed by atoms with E-state index in [1.54, 1.807) is 11.3 Å². The van der Waals surface area contributed by atoms with Crippen LogP contribution >= 0.6 is 27.3 Å². The lowest BCUT2D eigenvalue weighted by molar-refractivity contribution is -0.133. The van der Waals surface area contributed by atoms with Crippen molar-refractivity contribution in [3.8, 4) is 0 Å². The Labute approximate surface area is 178 Å². The van der Waals surface area contributed by atoms with Gasteiger partial charge >= 0.3 is 0 Å². The highest BCUT2D eigenvalue weighted by molar-refractivity contribution is 9.10. The zero-order valence-electron chi connectivity index (χ0n) is 16.2. The number of thiazole rings is 1. The summed E-state index contributed by atoms with van der Waals surface area (Å²) in [4.78, 5) is 33.2. The lowest BCUT2D eigenvalue weighted by Gasteiger charge is -2.35. The first-order chi connectivity index (χ1) is 13.4. The van der Waals surface area contributed by atoms with Crippen LogP contribution in [-0.2, 0) is 16.1 Å². The Balaban J connectivity index is 1.55. The number of carbonyl (C=O) groups is 2. The van der Waals surface area contributed by atoms with E-state index in [4.69, 9.17) is 0 Å². The fourth-order valence-electron chi connectivity index (χ4n) is 3.36. The van der Waals surface area contributed by atoms with E-state index in [1.807, 2.05) is 36.1 Å². The Morgan fingerprint density at radius 2 is 1.89 bits per heavy atom. The van der Waals surface area contributed by atoms with Crippen LogP contribution in [0.3, 0.4) is 0 Å². The van der Waals surface area contributed by atoms with E-state index in [0.29, 0.717) is 13.1 Å². The predicted octanol–water partition coefficient (Wildman–Crippen LogP) is 3.13. The molecule has 1 N–H and O–H groups in total. The number of aromatic nitrogens is 1. The first-order valence-corrected chi connectivity index (χ1v) is 11.0. The van der Waals surface area contributed by atoms with E-state index in [2.05, 4.69) is 36.5 Å². The van der Waals surface area contributed by atoms with Crippen LogP contribution in [0, 0.1) is 6.92 Å². The highest BCUT2D eigenvalue weighted by Crippen LogP contribution is 2.21. The van der Waals surface area contributed by atoms with Crippen molar-refractivity contribution in [1.29, 1.82) is 0 Å². The first kappa shape index (κ1) is 21.0. The topological polar surface area (TPSA) is 65.5 Å². The van der Waals surface area contributed by atoms with Crippen LogP contribution in [-0.4, -0.2) is 52.8 Å². The van der Waals surface area contributed by atoms with Crippen LogP contribution in [0.25, 0.3) is 0 Å². The van der Waals surface area contributed by atoms with Crippen molar-refractivity contribution >= 4 is 39.1 Å². The third kappa shape index (κ3) is 5.86. The molecular formula is C20H25BrN4O2S. The molecule has 3 rings (SSSR count). The maximum absolute atomic E-state index is 12.8. The van der Waals surface area contributed by atoms with Gasteiger partial charge in [0.05, 0.1) is 23.2 Å². The average Bonchev–Trinajstić information content (AvgIpc) is 3.06. The maximum atomic E-state index is 12.8. The van der Waals surface area contributed by atoms with Gasteiger partial charge in [-0.3, -0.25) is 14.5 Å². The van der Waals surface area contributed by atoms with Gasteiger partial charge in [0.25, 0.3) is 0 Å². The summed E-state index contributed by atoms with van der Waals surface area (Å²) in [6.07, 6.45) is 0.270. The molecule has 6 nitrogen and oxygen atoms in total. The Kier molecular flexibility index (Phi) is 7.20. The molecule has 1 aromatic carbocycles. The van der Waals surface area contributed by atoms with Gasteiger partial charge in [0.1, 0.15) is 0 Å². The molecule has 1 aliphatic heterocycles. The van der Waals surface area contributed by atoms with Crippen LogP contribution < -0.4 is 5.32 Å². The number of carbonyl (C=O) groups excluding carboxylic acids is 2. The largest absolute Gasteiger partial charge is 0.349 e. The lowest BCUT2D eigenvalue weighted by atomic mass is 10.0. The second-order valence-corrected chi connectivity index (χ2v) is 9.00. The molecule has 0 aliphatic carbocycles. The van der Waals surface area contributed by atoms with E-state index in [0.717, 1.165) is 40.4 Å². The SMILES string of the molecule is CC(=O)NC(CC(=O)N1CCN(Cc2csc(C)n2)CC1)c1ccc(Br)cc1. The molecule has 150 valence electrons. The van der Waals surface area contributed by atoms with Crippen molar-refractivity contribution in [1.82, 2.24) is 20.1 Å². The minimum atomic E-state index is -0.311. The molecule has 28 heavy (non-hydrogen) atoms. The molecule has 8 heteroatoms. The minimum absolute atomic E-state index is 0.0748. The normalized spacial score (nSPS) is 16.0. The summed E-state index contributed by atoms with van der Waals surface area (Å²) in [5.41, 5.74) is 2.03. The average molecular weight is 465 g/mol. The van der Waals surface area contributed by atoms with Gasteiger partial charge in [0.15, 0.2) is 0 Å². The van der Waals surface area contributed by atoms with Crippen molar-refractivity contribution in [2.45, 2.75) is 32.9 Å². The molecule has 0 spiro atoms. The van der Waals surface area contributed by atoms with Crippen molar-refractivity contribution < 1.29 is 9.59 Å². The standard InChI is InChI=1S/C20H25BrN4O2S/c1-14(26)22-19(16-3-5-17(21)6-4-16)11-20(27)25-9-7-24(8-10-25)12-18-13-28-15(2)23-18/h3-6,13,19H,7-12H2,1-2H3,(H,22,26). The van der Waals surface area contributed by atoms with E-state index in [1.165, 1.54) is 6.92 Å². The zero-order chi connectivity index (χ0) is 20.1. The van der Waals surface area contributed by atoms with Gasteiger partial charge in [-0.1, -0.05) is 28.1 Å². The second kappa shape index (κ2) is 9.62. The van der Waals surface area contributed by atoms with E-state index >= 15 is 0 Å². The van der Waals surface area contributed by atoms with Crippen molar-refractivity contribution in [3.05, 3.63) is 50.4 Å². The molecule has 2 heterocycles. The molecule has 1 saturated heterocycles. The third-order valence-corrected chi connectivity index (χ3v) is 6.16. The van der Waals surface area contributed by atoms with E-state index in [9.17, 15) is 9.59 Å². The van der Waals surface area contributed by atoms with Crippen molar-refractivity contribution in [2.75, 3.05) is 26.2 Å². The lowest BCUT2D eigenvalue weighted by Crippen LogP contribution is -2.49. The highest BCUT2D eigenvalue weighted by Gasteiger charge is 2.25. The fourth-order valence-corrected chi connectivity index (χ4v) is 4.23. The summed E-state index contributed by atoms with van der Waals surface area (Å²) >= 11 is 5.09. The number of nitrogens with zero attached hydrogens (tertiary/aromatic N) is 3. The van der Waals surface area contributed by atoms with Crippen LogP contribution in [0.5, 0.6) is 0 Å². The molecule has 1 unspecified atom stereocenters. The van der Waals surface area contributed by atoms with Gasteiger partial charge < -0.3 is 10.2 Å². The highest BCUT2D eigenvalue weighted by atomic mass is 79.9. The molecule has 2 aromatic rings. The number of hydrogen-bond acceptors (Lipinski definition) is 5. The number of amides is 2. The smallest absolute Gasteiger partial charge is 0.225 e. The monoisotopic (exact) mass is 464 g/mol. The van der Waals surface area contributed by atoms with Crippen molar-refractivity contribution in [2.24, 2.45) is 0 Å². The molecule has 1 atom stereocenters. The Morgan fingerprint density at radius 3 is 2.46 bits per heavy atom. The van der Waals surface area contributed by atoms with Crippen LogP contribution in [0.1, 0.15) is 35.7 Å². The van der Waals surface area contributed by atoms with Crippen LogP contribution in [0.2, 0.25) is 0 Å². The number of nitrogens with one attached hydrogen (secondary N) is 1. The first-order valence-electron chi connectivity index (χ1n) is 9.34. The number of piperazine rings is 1. The number of rotatable bonds is 6. The number of halogens is 1. The molecular weight excluding hydrogens is 440 g/mol. The molecule has 1 aliphatic rings. The van der Waals surface area contributed by atoms with Gasteiger partial charge in [-0.15, -0.1) is 11.3 Å². The second-order valence-electron chi connectivity index (χ2n) is 7.02. The Bertz CT molecular complexity index is 816. The quantitative estimate of drug-likeness (QED) is 0.712. The number of hydrogen-bond donors (Lipinski definition) is 1. The third-order valence-electron chi connectivity index (χ3n) is 4.81. The summed E-state index contributed by atoms with van der Waals surface area (Å²) in [6, 6.07) is 7.41. The summed E-state index contributed by atoms with van der Waals surface area (Å²) in [5.74, 6) is -0.0603. The number of benzene rings is 1. The predicted molar refractivity (Wildman–Crippen MR) is 114 cm³/mol. The molecule has 0 bridgehead atoms. The van der Waals surface area contributed by atoms with Gasteiger partial charge in [-0.05, 0) is 24.6 Å². The Hall–Kier alpha value is -1.77. The molecule has 1 fully saturated rings. The van der Waals surface area contributed by atoms with Gasteiger partial charge in [0, 0.05) is 49.5 Å². The zero-order valence-corrected chi connectivity index (χ0v) is 18.6. The van der Waals surface area contributed by atoms with E-state index in [-0.39, 0.29) is 24.3 Å². The summed E-state index contributed by atoms with van der Waals surface area (Å²) < 4.78 is 0.968. The van der Waals surface area contributed by atoms with Gasteiger partial charge in [0.2, 0.25) is 11.8 Å². The molecule has 0 radical (unpaired) electrons. The molecule has 1 aromatic heterocycles. The van der Waals surface area contributed by atoms with Gasteiger partial charge in [-0.2, -0.15) is 0 Å². The summed E-state index contributed by atoms with van der Waals surface area (Å²) in [6.45, 7) is 7.41. The van der Waals surface area contributed by atoms with Crippen LogP contribution in [0.15, 0.2) is 34.1 Å². The molecule has 0 saturated carbocycles. The van der Waals surface area contributed by atoms with E-state index < -0.39 is 0 Å². The maximum Gasteiger partial charge on any atom is 0.225 e. The summed E-state index contributed by atoms with van der Waals surface area (Å²) in [7, 11) is 0. The minimum Gasteiger partial charge on any atom is -0.349 e. The fraction of sp³-hybridized carbons (Fsp3) is 0.450. The summed E-state index contributed by atoms with van der Waals surface area (Å²) in [5, 5.41) is 6.09.